The number of rotatable bonds is 6. The fourth-order valence-corrected chi connectivity index (χ4v) is 8.49. The Balaban J connectivity index is 2.03. The molecule has 0 radical (unpaired) electrons. The minimum atomic E-state index is -3.58. The van der Waals surface area contributed by atoms with Gasteiger partial charge in [0.25, 0.3) is 0 Å². The molecule has 0 heterocycles. The number of carbonyl (C=O) groups excluding carboxylic acids is 2. The zero-order chi connectivity index (χ0) is 17.0. The molecule has 0 aliphatic heterocycles. The van der Waals surface area contributed by atoms with Crippen molar-refractivity contribution >= 4 is 77.3 Å². The molecule has 0 N–H and O–H groups in total. The van der Waals surface area contributed by atoms with Crippen LogP contribution >= 0.6 is 49.8 Å². The molecule has 0 spiro atoms. The van der Waals surface area contributed by atoms with Gasteiger partial charge in [-0.2, -0.15) is 0 Å². The second-order valence-electron chi connectivity index (χ2n) is 4.85. The van der Waals surface area contributed by atoms with Crippen molar-refractivity contribution in [1.29, 1.82) is 0 Å². The Bertz CT molecular complexity index is 654. The molecule has 0 amide bonds. The van der Waals surface area contributed by atoms with Crippen LogP contribution in [0, 0.1) is 0 Å². The molecule has 0 atom stereocenters. The van der Waals surface area contributed by atoms with Crippen molar-refractivity contribution in [2.45, 2.75) is 8.94 Å². The van der Waals surface area contributed by atoms with E-state index in [1.165, 1.54) is 0 Å². The molecule has 122 valence electrons. The standard InChI is InChI=1S/C16H12Br2Cl2O2Te/c17-13-5-1-11(2-6-13)15(21)9-23(19,20)10-16(22)12-3-7-14(18)8-4-12/h1-8H,9-10H2. The van der Waals surface area contributed by atoms with Crippen molar-refractivity contribution in [2.24, 2.45) is 0 Å². The Morgan fingerprint density at radius 1 is 0.739 bits per heavy atom. The summed E-state index contributed by atoms with van der Waals surface area (Å²) in [6, 6.07) is 14.0. The molecular formula is C16H12Br2Cl2O2Te. The molecule has 2 aromatic carbocycles. The first-order chi connectivity index (χ1) is 10.8. The minimum absolute atomic E-state index is 0.0650. The molecule has 0 aliphatic rings. The summed E-state index contributed by atoms with van der Waals surface area (Å²) >= 11 is 3.06. The van der Waals surface area contributed by atoms with Crippen molar-refractivity contribution < 1.29 is 9.59 Å². The third-order valence-electron chi connectivity index (χ3n) is 3.02. The van der Waals surface area contributed by atoms with E-state index in [0.717, 1.165) is 8.95 Å². The number of benzene rings is 2. The number of hydrogen-bond donors (Lipinski definition) is 0. The second-order valence-corrected chi connectivity index (χ2v) is 21.3. The van der Waals surface area contributed by atoms with Crippen LogP contribution in [0.1, 0.15) is 20.7 Å². The van der Waals surface area contributed by atoms with E-state index in [4.69, 9.17) is 17.9 Å². The second kappa shape index (κ2) is 8.47. The van der Waals surface area contributed by atoms with Gasteiger partial charge in [-0.25, -0.2) is 0 Å². The summed E-state index contributed by atoms with van der Waals surface area (Å²) in [4.78, 5) is 24.6. The van der Waals surface area contributed by atoms with Gasteiger partial charge in [-0.1, -0.05) is 0 Å². The summed E-state index contributed by atoms with van der Waals surface area (Å²) in [5.74, 6) is -0.236. The molecule has 0 aliphatic carbocycles. The maximum absolute atomic E-state index is 12.3. The third-order valence-corrected chi connectivity index (χ3v) is 10.9. The van der Waals surface area contributed by atoms with Crippen LogP contribution < -0.4 is 0 Å². The maximum atomic E-state index is 12.3. The van der Waals surface area contributed by atoms with Crippen molar-refractivity contribution in [1.82, 2.24) is 0 Å². The molecular weight excluding hydrogens is 582 g/mol. The summed E-state index contributed by atoms with van der Waals surface area (Å²) in [6.45, 7) is 0. The molecule has 2 rings (SSSR count). The van der Waals surface area contributed by atoms with Crippen LogP contribution in [0.25, 0.3) is 0 Å². The van der Waals surface area contributed by atoms with Crippen molar-refractivity contribution in [3.05, 3.63) is 68.6 Å². The molecule has 7 heteroatoms. The average Bonchev–Trinajstić information content (AvgIpc) is 2.47. The molecule has 0 aromatic heterocycles. The van der Waals surface area contributed by atoms with E-state index >= 15 is 0 Å². The Morgan fingerprint density at radius 3 is 1.35 bits per heavy atom. The summed E-state index contributed by atoms with van der Waals surface area (Å²) in [5, 5.41) is 0. The van der Waals surface area contributed by atoms with Crippen LogP contribution in [0.15, 0.2) is 57.5 Å². The molecule has 0 unspecified atom stereocenters. The molecule has 2 aromatic rings. The van der Waals surface area contributed by atoms with Gasteiger partial charge in [-0.3, -0.25) is 0 Å². The first kappa shape index (κ1) is 19.4. The van der Waals surface area contributed by atoms with Crippen LogP contribution in [0.3, 0.4) is 0 Å². The fraction of sp³-hybridized carbons (Fsp3) is 0.125. The molecule has 0 saturated carbocycles. The van der Waals surface area contributed by atoms with E-state index < -0.39 is 15.9 Å². The Labute approximate surface area is 163 Å². The zero-order valence-corrected chi connectivity index (χ0v) is 18.8. The van der Waals surface area contributed by atoms with Gasteiger partial charge in [0.05, 0.1) is 0 Å². The number of carbonyl (C=O) groups is 2. The van der Waals surface area contributed by atoms with Gasteiger partial charge in [0.1, 0.15) is 0 Å². The monoisotopic (exact) mass is 594 g/mol. The zero-order valence-electron chi connectivity index (χ0n) is 11.8. The van der Waals surface area contributed by atoms with Crippen LogP contribution in [0.2, 0.25) is 8.94 Å². The fourth-order valence-electron chi connectivity index (χ4n) is 1.87. The number of hydrogen-bond acceptors (Lipinski definition) is 2. The number of halogens is 4. The van der Waals surface area contributed by atoms with Gasteiger partial charge in [0.2, 0.25) is 0 Å². The third kappa shape index (κ3) is 6.16. The molecule has 0 fully saturated rings. The van der Waals surface area contributed by atoms with Crippen LogP contribution in [0.4, 0.5) is 0 Å². The number of ketones is 2. The topological polar surface area (TPSA) is 34.1 Å². The quantitative estimate of drug-likeness (QED) is 0.295. The van der Waals surface area contributed by atoms with Crippen molar-refractivity contribution in [3.63, 3.8) is 0 Å². The van der Waals surface area contributed by atoms with E-state index in [-0.39, 0.29) is 20.5 Å². The van der Waals surface area contributed by atoms with Gasteiger partial charge in [0.15, 0.2) is 0 Å². The average molecular weight is 595 g/mol. The van der Waals surface area contributed by atoms with E-state index in [1.54, 1.807) is 48.5 Å². The van der Waals surface area contributed by atoms with E-state index in [0.29, 0.717) is 11.1 Å². The molecule has 0 saturated heterocycles. The normalized spacial score (nSPS) is 12.0. The van der Waals surface area contributed by atoms with Crippen LogP contribution in [-0.2, 0) is 0 Å². The summed E-state index contributed by atoms with van der Waals surface area (Å²) in [7, 11) is 12.8. The predicted octanol–water partition coefficient (Wildman–Crippen LogP) is 6.20. The first-order valence-electron chi connectivity index (χ1n) is 6.52. The Hall–Kier alpha value is 0.110. The van der Waals surface area contributed by atoms with Crippen molar-refractivity contribution in [2.75, 3.05) is 0 Å². The van der Waals surface area contributed by atoms with Gasteiger partial charge in [-0.15, -0.1) is 0 Å². The van der Waals surface area contributed by atoms with Crippen LogP contribution in [-0.4, -0.2) is 27.5 Å². The molecule has 0 bridgehead atoms. The van der Waals surface area contributed by atoms with E-state index in [2.05, 4.69) is 31.9 Å². The van der Waals surface area contributed by atoms with Gasteiger partial charge < -0.3 is 0 Å². The Morgan fingerprint density at radius 2 is 1.04 bits per heavy atom. The summed E-state index contributed by atoms with van der Waals surface area (Å²) in [6.07, 6.45) is 0. The van der Waals surface area contributed by atoms with Crippen LogP contribution in [0.5, 0.6) is 0 Å². The Kier molecular flexibility index (Phi) is 7.16. The summed E-state index contributed by atoms with van der Waals surface area (Å²) < 4.78 is 1.92. The SMILES string of the molecule is O=C(C[Te](Cl)(Cl)CC(=O)c1ccc(Br)cc1)c1ccc(Br)cc1. The van der Waals surface area contributed by atoms with Crippen molar-refractivity contribution in [3.8, 4) is 0 Å². The molecule has 2 nitrogen and oxygen atoms in total. The number of Topliss-reactive ketones (excluding diaryl/α,β-unsaturated/α-hetero) is 2. The van der Waals surface area contributed by atoms with Gasteiger partial charge in [0, 0.05) is 0 Å². The summed E-state index contributed by atoms with van der Waals surface area (Å²) in [5.41, 5.74) is 1.11. The predicted molar refractivity (Wildman–Crippen MR) is 104 cm³/mol. The van der Waals surface area contributed by atoms with E-state index in [9.17, 15) is 9.59 Å². The molecule has 23 heavy (non-hydrogen) atoms. The van der Waals surface area contributed by atoms with E-state index in [1.807, 2.05) is 0 Å². The van der Waals surface area contributed by atoms with Gasteiger partial charge >= 0.3 is 164 Å². The van der Waals surface area contributed by atoms with Gasteiger partial charge in [-0.05, 0) is 0 Å². The first-order valence-corrected chi connectivity index (χ1v) is 17.3.